The topological polar surface area (TPSA) is 52.6 Å². The van der Waals surface area contributed by atoms with Crippen molar-refractivity contribution in [3.05, 3.63) is 60.2 Å². The lowest BCUT2D eigenvalue weighted by Crippen LogP contribution is -2.33. The van der Waals surface area contributed by atoms with Gasteiger partial charge in [0.1, 0.15) is 0 Å². The molecule has 0 aliphatic heterocycles. The molecule has 122 valence electrons. The number of anilines is 2. The first-order chi connectivity index (χ1) is 11.1. The fourth-order valence-corrected chi connectivity index (χ4v) is 2.39. The molecule has 0 bridgehead atoms. The molecule has 2 aromatic carbocycles. The molecular weight excluding hydrogens is 312 g/mol. The van der Waals surface area contributed by atoms with E-state index in [2.05, 4.69) is 5.32 Å². The van der Waals surface area contributed by atoms with Gasteiger partial charge in [-0.25, -0.2) is 0 Å². The third-order valence-corrected chi connectivity index (χ3v) is 3.85. The van der Waals surface area contributed by atoms with E-state index in [0.29, 0.717) is 12.1 Å². The van der Waals surface area contributed by atoms with Gasteiger partial charge >= 0.3 is 0 Å². The molecule has 0 heterocycles. The van der Waals surface area contributed by atoms with Crippen LogP contribution in [0.5, 0.6) is 0 Å². The summed E-state index contributed by atoms with van der Waals surface area (Å²) in [6, 6.07) is 16.6. The second-order valence-electron chi connectivity index (χ2n) is 5.22. The van der Waals surface area contributed by atoms with Gasteiger partial charge in [-0.05, 0) is 37.3 Å². The highest BCUT2D eigenvalue weighted by Crippen LogP contribution is 2.20. The highest BCUT2D eigenvalue weighted by molar-refractivity contribution is 6.18. The smallest absolute Gasteiger partial charge is 0.255 e. The van der Waals surface area contributed by atoms with Crippen molar-refractivity contribution in [3.63, 3.8) is 0 Å². The zero-order chi connectivity index (χ0) is 16.7. The maximum Gasteiger partial charge on any atom is 0.255 e. The van der Waals surface area contributed by atoms with E-state index in [-0.39, 0.29) is 11.8 Å². The molecule has 2 N–H and O–H groups in total. The average Bonchev–Trinajstić information content (AvgIpc) is 2.60. The number of rotatable bonds is 7. The van der Waals surface area contributed by atoms with E-state index in [1.54, 1.807) is 12.1 Å². The van der Waals surface area contributed by atoms with Crippen LogP contribution in [-0.2, 0) is 0 Å². The van der Waals surface area contributed by atoms with E-state index in [9.17, 15) is 9.90 Å². The Balaban J connectivity index is 2.11. The highest BCUT2D eigenvalue weighted by Gasteiger charge is 2.11. The standard InChI is InChI=1S/C18H21ClN2O2/c1-2-21(13-17(22)12-19)16-10-6-9-15(11-16)20-18(23)14-7-4-3-5-8-14/h3-11,17,22H,2,12-13H2,1H3,(H,20,23). The maximum atomic E-state index is 12.2. The molecule has 0 saturated heterocycles. The molecule has 0 saturated carbocycles. The number of aliphatic hydroxyl groups excluding tert-OH is 1. The van der Waals surface area contributed by atoms with Crippen LogP contribution in [0.3, 0.4) is 0 Å². The Bertz CT molecular complexity index is 634. The summed E-state index contributed by atoms with van der Waals surface area (Å²) in [5.74, 6) is 0.0487. The Kier molecular flexibility index (Phi) is 6.44. The van der Waals surface area contributed by atoms with E-state index in [1.165, 1.54) is 0 Å². The summed E-state index contributed by atoms with van der Waals surface area (Å²) in [5.41, 5.74) is 2.26. The van der Waals surface area contributed by atoms with Crippen LogP contribution >= 0.6 is 11.6 Å². The summed E-state index contributed by atoms with van der Waals surface area (Å²) < 4.78 is 0. The molecule has 1 amide bonds. The Labute approximate surface area is 141 Å². The molecule has 0 aliphatic carbocycles. The quantitative estimate of drug-likeness (QED) is 0.764. The normalized spacial score (nSPS) is 11.8. The molecule has 23 heavy (non-hydrogen) atoms. The molecule has 4 nitrogen and oxygen atoms in total. The monoisotopic (exact) mass is 332 g/mol. The summed E-state index contributed by atoms with van der Waals surface area (Å²) in [6.45, 7) is 3.20. The number of carbonyl (C=O) groups excluding carboxylic acids is 1. The van der Waals surface area contributed by atoms with E-state index in [0.717, 1.165) is 17.9 Å². The summed E-state index contributed by atoms with van der Waals surface area (Å²) in [5, 5.41) is 12.6. The van der Waals surface area contributed by atoms with E-state index >= 15 is 0 Å². The third-order valence-electron chi connectivity index (χ3n) is 3.50. The Morgan fingerprint density at radius 2 is 1.96 bits per heavy atom. The number of benzene rings is 2. The van der Waals surface area contributed by atoms with Gasteiger partial charge in [0.2, 0.25) is 0 Å². The van der Waals surface area contributed by atoms with Gasteiger partial charge in [-0.2, -0.15) is 0 Å². The van der Waals surface area contributed by atoms with Gasteiger partial charge in [0.15, 0.2) is 0 Å². The fraction of sp³-hybridized carbons (Fsp3) is 0.278. The number of nitrogens with zero attached hydrogens (tertiary/aromatic N) is 1. The predicted octanol–water partition coefficient (Wildman–Crippen LogP) is 3.36. The fourth-order valence-electron chi connectivity index (χ4n) is 2.29. The molecule has 1 atom stereocenters. The van der Waals surface area contributed by atoms with Crippen LogP contribution in [-0.4, -0.2) is 36.1 Å². The predicted molar refractivity (Wildman–Crippen MR) is 95.5 cm³/mol. The SMILES string of the molecule is CCN(CC(O)CCl)c1cccc(NC(=O)c2ccccc2)c1. The van der Waals surface area contributed by atoms with Crippen molar-refractivity contribution in [2.24, 2.45) is 0 Å². The lowest BCUT2D eigenvalue weighted by molar-refractivity contribution is 0.102. The molecule has 0 aliphatic rings. The zero-order valence-corrected chi connectivity index (χ0v) is 13.8. The second-order valence-corrected chi connectivity index (χ2v) is 5.53. The van der Waals surface area contributed by atoms with Crippen LogP contribution < -0.4 is 10.2 Å². The number of carbonyl (C=O) groups is 1. The van der Waals surface area contributed by atoms with Crippen molar-refractivity contribution < 1.29 is 9.90 Å². The third kappa shape index (κ3) is 4.98. The zero-order valence-electron chi connectivity index (χ0n) is 13.1. The van der Waals surface area contributed by atoms with Gasteiger partial charge in [-0.3, -0.25) is 4.79 Å². The van der Waals surface area contributed by atoms with Crippen molar-refractivity contribution in [2.75, 3.05) is 29.2 Å². The number of alkyl halides is 1. The molecule has 0 aromatic heterocycles. The number of hydrogen-bond donors (Lipinski definition) is 2. The molecule has 2 aromatic rings. The first kappa shape index (κ1) is 17.3. The highest BCUT2D eigenvalue weighted by atomic mass is 35.5. The Morgan fingerprint density at radius 1 is 1.22 bits per heavy atom. The molecule has 1 unspecified atom stereocenters. The van der Waals surface area contributed by atoms with E-state index in [4.69, 9.17) is 11.6 Å². The van der Waals surface area contributed by atoms with E-state index in [1.807, 2.05) is 54.3 Å². The van der Waals surface area contributed by atoms with Crippen LogP contribution in [0, 0.1) is 0 Å². The summed E-state index contributed by atoms with van der Waals surface area (Å²) in [6.07, 6.45) is -0.584. The van der Waals surface area contributed by atoms with Crippen LogP contribution in [0.25, 0.3) is 0 Å². The molecule has 0 fully saturated rings. The first-order valence-electron chi connectivity index (χ1n) is 7.59. The van der Waals surface area contributed by atoms with Gasteiger partial charge in [0.05, 0.1) is 12.0 Å². The van der Waals surface area contributed by atoms with Crippen LogP contribution in [0.2, 0.25) is 0 Å². The first-order valence-corrected chi connectivity index (χ1v) is 8.13. The molecule has 0 radical (unpaired) electrons. The van der Waals surface area contributed by atoms with Crippen molar-refractivity contribution in [1.29, 1.82) is 0 Å². The molecule has 2 rings (SSSR count). The Morgan fingerprint density at radius 3 is 2.61 bits per heavy atom. The lowest BCUT2D eigenvalue weighted by Gasteiger charge is -2.25. The van der Waals surface area contributed by atoms with Gasteiger partial charge in [0, 0.05) is 30.0 Å². The minimum atomic E-state index is -0.584. The van der Waals surface area contributed by atoms with Crippen molar-refractivity contribution in [3.8, 4) is 0 Å². The van der Waals surface area contributed by atoms with Gasteiger partial charge < -0.3 is 15.3 Å². The van der Waals surface area contributed by atoms with Crippen molar-refractivity contribution in [2.45, 2.75) is 13.0 Å². The summed E-state index contributed by atoms with van der Waals surface area (Å²) in [4.78, 5) is 14.2. The molecule has 5 heteroatoms. The van der Waals surface area contributed by atoms with Crippen molar-refractivity contribution in [1.82, 2.24) is 0 Å². The summed E-state index contributed by atoms with van der Waals surface area (Å²) >= 11 is 5.67. The van der Waals surface area contributed by atoms with Crippen molar-refractivity contribution >= 4 is 28.9 Å². The number of amides is 1. The van der Waals surface area contributed by atoms with Crippen LogP contribution in [0.15, 0.2) is 54.6 Å². The largest absolute Gasteiger partial charge is 0.390 e. The number of aliphatic hydroxyl groups is 1. The van der Waals surface area contributed by atoms with Gasteiger partial charge in [-0.1, -0.05) is 24.3 Å². The lowest BCUT2D eigenvalue weighted by atomic mass is 10.2. The molecule has 0 spiro atoms. The minimum absolute atomic E-state index is 0.147. The van der Waals surface area contributed by atoms with Crippen LogP contribution in [0.1, 0.15) is 17.3 Å². The van der Waals surface area contributed by atoms with E-state index < -0.39 is 6.10 Å². The average molecular weight is 333 g/mol. The Hall–Kier alpha value is -2.04. The number of nitrogens with one attached hydrogen (secondary N) is 1. The molecular formula is C18H21ClN2O2. The minimum Gasteiger partial charge on any atom is -0.390 e. The van der Waals surface area contributed by atoms with Crippen LogP contribution in [0.4, 0.5) is 11.4 Å². The number of likely N-dealkylation sites (N-methyl/N-ethyl adjacent to an activating group) is 1. The number of halogens is 1. The maximum absolute atomic E-state index is 12.2. The van der Waals surface area contributed by atoms with Gasteiger partial charge in [-0.15, -0.1) is 11.6 Å². The second kappa shape index (κ2) is 8.56. The van der Waals surface area contributed by atoms with Gasteiger partial charge in [0.25, 0.3) is 5.91 Å². The number of hydrogen-bond acceptors (Lipinski definition) is 3. The summed E-state index contributed by atoms with van der Waals surface area (Å²) in [7, 11) is 0.